The molecule has 27 heavy (non-hydrogen) atoms. The van der Waals surface area contributed by atoms with Gasteiger partial charge in [0.25, 0.3) is 5.69 Å². The lowest BCUT2D eigenvalue weighted by molar-refractivity contribution is -0.384. The van der Waals surface area contributed by atoms with Crippen molar-refractivity contribution in [3.05, 3.63) is 75.3 Å². The van der Waals surface area contributed by atoms with Crippen molar-refractivity contribution < 1.29 is 9.72 Å². The van der Waals surface area contributed by atoms with E-state index in [0.717, 1.165) is 56.4 Å². The van der Waals surface area contributed by atoms with Gasteiger partial charge in [0.15, 0.2) is 5.78 Å². The molecule has 1 saturated heterocycles. The fraction of sp³-hybridized carbons (Fsp3) is 0.381. The first-order valence-corrected chi connectivity index (χ1v) is 9.16. The third kappa shape index (κ3) is 3.75. The van der Waals surface area contributed by atoms with Gasteiger partial charge in [0, 0.05) is 29.7 Å². The quantitative estimate of drug-likeness (QED) is 0.578. The van der Waals surface area contributed by atoms with Crippen molar-refractivity contribution in [2.75, 3.05) is 13.1 Å². The summed E-state index contributed by atoms with van der Waals surface area (Å²) in [6.07, 6.45) is 3.73. The number of nitro groups is 1. The molecule has 2 aromatic rings. The summed E-state index contributed by atoms with van der Waals surface area (Å²) in [7, 11) is 0. The Hall–Kier alpha value is -2.24. The molecule has 5 nitrogen and oxygen atoms in total. The van der Waals surface area contributed by atoms with E-state index >= 15 is 0 Å². The number of fused-ring (bicyclic) bond motifs is 1. The first kappa shape index (κ1) is 19.5. The van der Waals surface area contributed by atoms with Crippen molar-refractivity contribution in [2.45, 2.75) is 32.2 Å². The third-order valence-corrected chi connectivity index (χ3v) is 5.98. The molecule has 0 aromatic heterocycles. The number of halogens is 1. The van der Waals surface area contributed by atoms with Crippen LogP contribution in [0.5, 0.6) is 0 Å². The highest BCUT2D eigenvalue weighted by molar-refractivity contribution is 6.02. The lowest BCUT2D eigenvalue weighted by Crippen LogP contribution is -2.46. The molecule has 1 heterocycles. The number of hydrogen-bond donors (Lipinski definition) is 0. The van der Waals surface area contributed by atoms with E-state index in [4.69, 9.17) is 0 Å². The number of aryl methyl sites for hydroxylation is 1. The molecule has 1 fully saturated rings. The minimum Gasteiger partial charge on any atom is -0.299 e. The average Bonchev–Trinajstić information content (AvgIpc) is 2.67. The maximum absolute atomic E-state index is 13.1. The van der Waals surface area contributed by atoms with Crippen LogP contribution in [0.3, 0.4) is 0 Å². The van der Waals surface area contributed by atoms with Gasteiger partial charge < -0.3 is 0 Å². The molecule has 0 amide bonds. The number of benzene rings is 2. The molecular weight excluding hydrogens is 364 g/mol. The first-order chi connectivity index (χ1) is 12.6. The zero-order valence-electron chi connectivity index (χ0n) is 15.1. The number of piperidine rings is 1. The molecule has 0 saturated carbocycles. The van der Waals surface area contributed by atoms with Crippen LogP contribution >= 0.6 is 12.4 Å². The Morgan fingerprint density at radius 1 is 1.00 bits per heavy atom. The summed E-state index contributed by atoms with van der Waals surface area (Å²) in [4.78, 5) is 25.8. The molecule has 0 atom stereocenters. The second kappa shape index (κ2) is 7.79. The van der Waals surface area contributed by atoms with Crippen molar-refractivity contribution >= 4 is 23.9 Å². The normalized spacial score (nSPS) is 18.6. The number of Topliss-reactive ketones (excluding diaryl/α,β-unsaturated/α-hetero) is 1. The molecule has 0 N–H and O–H groups in total. The number of rotatable bonds is 3. The van der Waals surface area contributed by atoms with Gasteiger partial charge in [-0.25, -0.2) is 0 Å². The number of ketones is 1. The molecule has 142 valence electrons. The smallest absolute Gasteiger partial charge is 0.269 e. The number of carbonyl (C=O) groups is 1. The van der Waals surface area contributed by atoms with Gasteiger partial charge >= 0.3 is 0 Å². The predicted octanol–water partition coefficient (Wildman–Crippen LogP) is 4.43. The summed E-state index contributed by atoms with van der Waals surface area (Å²) in [6, 6.07) is 14.8. The summed E-state index contributed by atoms with van der Waals surface area (Å²) in [5.41, 5.74) is 3.11. The van der Waals surface area contributed by atoms with Gasteiger partial charge in [-0.15, -0.1) is 12.4 Å². The van der Waals surface area contributed by atoms with Crippen LogP contribution in [0.1, 0.15) is 40.7 Å². The molecule has 2 aromatic carbocycles. The van der Waals surface area contributed by atoms with E-state index in [1.165, 1.54) is 5.56 Å². The maximum atomic E-state index is 13.1. The van der Waals surface area contributed by atoms with Crippen molar-refractivity contribution in [2.24, 2.45) is 5.41 Å². The van der Waals surface area contributed by atoms with E-state index in [1.54, 1.807) is 12.1 Å². The van der Waals surface area contributed by atoms with Gasteiger partial charge in [0.05, 0.1) is 4.92 Å². The van der Waals surface area contributed by atoms with Crippen molar-refractivity contribution in [1.29, 1.82) is 0 Å². The Labute approximate surface area is 164 Å². The number of nitro benzene ring substituents is 1. The first-order valence-electron chi connectivity index (χ1n) is 9.16. The van der Waals surface area contributed by atoms with E-state index < -0.39 is 0 Å². The van der Waals surface area contributed by atoms with E-state index in [-0.39, 0.29) is 28.4 Å². The SMILES string of the molecule is Cl.O=C1c2ccccc2CCC12CCN(Cc1ccc([N+](=O)[O-])cc1)CC2. The largest absolute Gasteiger partial charge is 0.299 e. The fourth-order valence-electron chi connectivity index (χ4n) is 4.33. The Morgan fingerprint density at radius 2 is 1.67 bits per heavy atom. The molecule has 4 rings (SSSR count). The van der Waals surface area contributed by atoms with Crippen molar-refractivity contribution in [3.63, 3.8) is 0 Å². The van der Waals surface area contributed by atoms with Crippen LogP contribution in [-0.4, -0.2) is 28.7 Å². The van der Waals surface area contributed by atoms with Crippen molar-refractivity contribution in [3.8, 4) is 0 Å². The zero-order valence-corrected chi connectivity index (χ0v) is 15.9. The standard InChI is InChI=1S/C21H22N2O3.ClH/c24-20-19-4-2-1-3-17(19)9-10-21(20)11-13-22(14-12-21)15-16-5-7-18(8-6-16)23(25)26;/h1-8H,9-15H2;1H. The van der Waals surface area contributed by atoms with Crippen LogP contribution in [0.25, 0.3) is 0 Å². The highest BCUT2D eigenvalue weighted by Crippen LogP contribution is 2.43. The third-order valence-electron chi connectivity index (χ3n) is 5.98. The Balaban J connectivity index is 0.00000210. The van der Waals surface area contributed by atoms with Crippen LogP contribution in [0, 0.1) is 15.5 Å². The van der Waals surface area contributed by atoms with Crippen molar-refractivity contribution in [1.82, 2.24) is 4.90 Å². The Morgan fingerprint density at radius 3 is 2.33 bits per heavy atom. The topological polar surface area (TPSA) is 63.5 Å². The van der Waals surface area contributed by atoms with Crippen LogP contribution in [-0.2, 0) is 13.0 Å². The highest BCUT2D eigenvalue weighted by Gasteiger charge is 2.44. The highest BCUT2D eigenvalue weighted by atomic mass is 35.5. The molecule has 0 bridgehead atoms. The van der Waals surface area contributed by atoms with Gasteiger partial charge in [-0.05, 0) is 49.9 Å². The molecule has 6 heteroatoms. The zero-order chi connectivity index (χ0) is 18.1. The minimum absolute atomic E-state index is 0. The Kier molecular flexibility index (Phi) is 5.63. The van der Waals surface area contributed by atoms with Gasteiger partial charge in [-0.1, -0.05) is 36.4 Å². The summed E-state index contributed by atoms with van der Waals surface area (Å²) in [5, 5.41) is 10.8. The predicted molar refractivity (Wildman–Crippen MR) is 106 cm³/mol. The fourth-order valence-corrected chi connectivity index (χ4v) is 4.33. The second-order valence-corrected chi connectivity index (χ2v) is 7.47. The Bertz CT molecular complexity index is 843. The summed E-state index contributed by atoms with van der Waals surface area (Å²) >= 11 is 0. The number of hydrogen-bond acceptors (Lipinski definition) is 4. The monoisotopic (exact) mass is 386 g/mol. The summed E-state index contributed by atoms with van der Waals surface area (Å²) in [6.45, 7) is 2.56. The number of likely N-dealkylation sites (tertiary alicyclic amines) is 1. The number of carbonyl (C=O) groups excluding carboxylic acids is 1. The van der Waals surface area contributed by atoms with Gasteiger partial charge in [0.1, 0.15) is 0 Å². The van der Waals surface area contributed by atoms with E-state index in [1.807, 2.05) is 30.3 Å². The molecule has 1 spiro atoms. The minimum atomic E-state index is -0.374. The number of non-ortho nitro benzene ring substituents is 1. The van der Waals surface area contributed by atoms with Crippen LogP contribution in [0.2, 0.25) is 0 Å². The van der Waals surface area contributed by atoms with Gasteiger partial charge in [-0.3, -0.25) is 19.8 Å². The van der Waals surface area contributed by atoms with Crippen LogP contribution in [0.15, 0.2) is 48.5 Å². The maximum Gasteiger partial charge on any atom is 0.269 e. The lowest BCUT2D eigenvalue weighted by atomic mass is 9.65. The molecule has 0 radical (unpaired) electrons. The summed E-state index contributed by atoms with van der Waals surface area (Å²) < 4.78 is 0. The van der Waals surface area contributed by atoms with E-state index in [2.05, 4.69) is 11.0 Å². The molecule has 0 unspecified atom stereocenters. The van der Waals surface area contributed by atoms with E-state index in [9.17, 15) is 14.9 Å². The van der Waals surface area contributed by atoms with Crippen LogP contribution in [0.4, 0.5) is 5.69 Å². The molecular formula is C21H23ClN2O3. The number of nitrogens with zero attached hydrogens (tertiary/aromatic N) is 2. The molecule has 1 aliphatic carbocycles. The molecule has 2 aliphatic rings. The van der Waals surface area contributed by atoms with Gasteiger partial charge in [-0.2, -0.15) is 0 Å². The average molecular weight is 387 g/mol. The lowest BCUT2D eigenvalue weighted by Gasteiger charge is -2.43. The van der Waals surface area contributed by atoms with Gasteiger partial charge in [0.2, 0.25) is 0 Å². The van der Waals surface area contributed by atoms with E-state index in [0.29, 0.717) is 5.78 Å². The van der Waals surface area contributed by atoms with Crippen LogP contribution < -0.4 is 0 Å². The second-order valence-electron chi connectivity index (χ2n) is 7.47. The molecule has 1 aliphatic heterocycles. The summed E-state index contributed by atoms with van der Waals surface area (Å²) in [5.74, 6) is 0.328.